The highest BCUT2D eigenvalue weighted by atomic mass is 19.1. The zero-order valence-corrected chi connectivity index (χ0v) is 11.3. The smallest absolute Gasteiger partial charge is 0.163 e. The van der Waals surface area contributed by atoms with Gasteiger partial charge in [0, 0.05) is 18.4 Å². The lowest BCUT2D eigenvalue weighted by molar-refractivity contribution is -0.116. The minimum absolute atomic E-state index is 0.0675. The number of rotatable bonds is 1. The van der Waals surface area contributed by atoms with Gasteiger partial charge in [0.05, 0.1) is 0 Å². The maximum atomic E-state index is 13.8. The van der Waals surface area contributed by atoms with Crippen LogP contribution in [0, 0.1) is 5.92 Å². The molecule has 2 aliphatic carbocycles. The maximum absolute atomic E-state index is 13.8. The van der Waals surface area contributed by atoms with Crippen LogP contribution in [-0.4, -0.2) is 12.0 Å². The first-order chi connectivity index (χ1) is 8.90. The van der Waals surface area contributed by atoms with Gasteiger partial charge in [-0.25, -0.2) is 8.78 Å². The first kappa shape index (κ1) is 13.9. The number of alkyl halides is 1. The van der Waals surface area contributed by atoms with E-state index in [0.717, 1.165) is 11.1 Å². The summed E-state index contributed by atoms with van der Waals surface area (Å²) in [4.78, 5) is 12.0. The van der Waals surface area contributed by atoms with E-state index in [0.29, 0.717) is 17.6 Å². The van der Waals surface area contributed by atoms with Gasteiger partial charge in [-0.05, 0) is 49.5 Å². The molecule has 0 aromatic rings. The number of carbonyl (C=O) groups excluding carboxylic acids is 1. The van der Waals surface area contributed by atoms with Crippen LogP contribution in [-0.2, 0) is 4.79 Å². The van der Waals surface area contributed by atoms with Gasteiger partial charge in [-0.2, -0.15) is 0 Å². The molecule has 0 spiro atoms. The number of hydrogen-bond acceptors (Lipinski definition) is 1. The number of ketones is 1. The number of halogens is 2. The predicted octanol–water partition coefficient (Wildman–Crippen LogP) is 4.38. The Hall–Kier alpha value is -1.51. The molecular weight excluding hydrogens is 246 g/mol. The Morgan fingerprint density at radius 2 is 2.05 bits per heavy atom. The Labute approximate surface area is 112 Å². The maximum Gasteiger partial charge on any atom is 0.163 e. The highest BCUT2D eigenvalue weighted by molar-refractivity contribution is 6.00. The van der Waals surface area contributed by atoms with Crippen molar-refractivity contribution in [2.24, 2.45) is 5.92 Å². The topological polar surface area (TPSA) is 17.1 Å². The van der Waals surface area contributed by atoms with Crippen molar-refractivity contribution in [3.8, 4) is 0 Å². The van der Waals surface area contributed by atoms with Crippen LogP contribution in [0.25, 0.3) is 0 Å². The van der Waals surface area contributed by atoms with Crippen molar-refractivity contribution in [3.05, 3.63) is 46.9 Å². The van der Waals surface area contributed by atoms with Crippen molar-refractivity contribution in [1.82, 2.24) is 0 Å². The molecule has 102 valence electrons. The Morgan fingerprint density at radius 3 is 2.68 bits per heavy atom. The number of carbonyl (C=O) groups is 1. The number of Topliss-reactive ketones (excluding diaryl/α,β-unsaturated/α-hetero) is 1. The summed E-state index contributed by atoms with van der Waals surface area (Å²) in [6.07, 6.45) is 2.31. The zero-order chi connectivity index (χ0) is 14.2. The Morgan fingerprint density at radius 1 is 1.37 bits per heavy atom. The third-order valence-electron chi connectivity index (χ3n) is 3.78. The summed E-state index contributed by atoms with van der Waals surface area (Å²) in [6, 6.07) is 0. The van der Waals surface area contributed by atoms with E-state index in [-0.39, 0.29) is 30.4 Å². The highest BCUT2D eigenvalue weighted by Crippen LogP contribution is 2.40. The molecule has 0 amide bonds. The minimum Gasteiger partial charge on any atom is -0.294 e. The third-order valence-corrected chi connectivity index (χ3v) is 3.78. The molecule has 1 saturated carbocycles. The van der Waals surface area contributed by atoms with Crippen molar-refractivity contribution >= 4 is 5.78 Å². The lowest BCUT2D eigenvalue weighted by Crippen LogP contribution is -2.23. The van der Waals surface area contributed by atoms with E-state index < -0.39 is 6.17 Å². The molecule has 0 bridgehead atoms. The number of hydrogen-bond donors (Lipinski definition) is 0. The quantitative estimate of drug-likeness (QED) is 0.642. The zero-order valence-electron chi connectivity index (χ0n) is 11.3. The molecule has 2 rings (SSSR count). The lowest BCUT2D eigenvalue weighted by Gasteiger charge is -2.29. The predicted molar refractivity (Wildman–Crippen MR) is 72.0 cm³/mol. The largest absolute Gasteiger partial charge is 0.294 e. The lowest BCUT2D eigenvalue weighted by atomic mass is 9.75. The van der Waals surface area contributed by atoms with E-state index in [1.807, 2.05) is 13.8 Å². The van der Waals surface area contributed by atoms with Crippen molar-refractivity contribution < 1.29 is 13.6 Å². The molecule has 0 aromatic carbocycles. The second-order valence-corrected chi connectivity index (χ2v) is 5.41. The van der Waals surface area contributed by atoms with Crippen LogP contribution in [0.1, 0.15) is 33.1 Å². The van der Waals surface area contributed by atoms with Gasteiger partial charge in [0.15, 0.2) is 5.78 Å². The molecule has 2 atom stereocenters. The molecule has 0 N–H and O–H groups in total. The monoisotopic (exact) mass is 264 g/mol. The standard InChI is InChI=1S/C16H18F2O/c1-9(2)13-6-11(7-16(19)10(13)3)14-8-12(17)4-5-15(14)18/h5,8,11-12H,3-4,6-7H2,1-2H3. The van der Waals surface area contributed by atoms with E-state index >= 15 is 0 Å². The van der Waals surface area contributed by atoms with Gasteiger partial charge in [-0.15, -0.1) is 0 Å². The average molecular weight is 264 g/mol. The molecule has 0 aliphatic heterocycles. The summed E-state index contributed by atoms with van der Waals surface area (Å²) in [5.41, 5.74) is 2.77. The normalized spacial score (nSPS) is 28.1. The summed E-state index contributed by atoms with van der Waals surface area (Å²) in [6.45, 7) is 7.63. The summed E-state index contributed by atoms with van der Waals surface area (Å²) in [7, 11) is 0. The Bertz CT molecular complexity index is 519. The highest BCUT2D eigenvalue weighted by Gasteiger charge is 2.32. The number of allylic oxidation sites excluding steroid dienone is 7. The molecule has 3 heteroatoms. The minimum atomic E-state index is -1.15. The van der Waals surface area contributed by atoms with Crippen molar-refractivity contribution in [1.29, 1.82) is 0 Å². The fourth-order valence-corrected chi connectivity index (χ4v) is 2.69. The second kappa shape index (κ2) is 5.24. The van der Waals surface area contributed by atoms with Crippen molar-refractivity contribution in [2.45, 2.75) is 39.3 Å². The summed E-state index contributed by atoms with van der Waals surface area (Å²) < 4.78 is 27.2. The van der Waals surface area contributed by atoms with Gasteiger partial charge in [-0.3, -0.25) is 4.79 Å². The molecule has 2 aliphatic rings. The van der Waals surface area contributed by atoms with Crippen LogP contribution in [0.2, 0.25) is 0 Å². The summed E-state index contributed by atoms with van der Waals surface area (Å²) >= 11 is 0. The van der Waals surface area contributed by atoms with E-state index in [2.05, 4.69) is 6.58 Å². The molecule has 0 aromatic heterocycles. The molecule has 0 radical (unpaired) electrons. The van der Waals surface area contributed by atoms with Crippen LogP contribution in [0.3, 0.4) is 0 Å². The fourth-order valence-electron chi connectivity index (χ4n) is 2.69. The van der Waals surface area contributed by atoms with E-state index in [1.165, 1.54) is 12.2 Å². The Kier molecular flexibility index (Phi) is 3.83. The van der Waals surface area contributed by atoms with Crippen molar-refractivity contribution in [3.63, 3.8) is 0 Å². The molecule has 0 saturated heterocycles. The summed E-state index contributed by atoms with van der Waals surface area (Å²) in [5.74, 6) is -0.716. The van der Waals surface area contributed by atoms with E-state index in [4.69, 9.17) is 0 Å². The van der Waals surface area contributed by atoms with E-state index in [1.54, 1.807) is 0 Å². The van der Waals surface area contributed by atoms with Crippen LogP contribution >= 0.6 is 0 Å². The van der Waals surface area contributed by atoms with Gasteiger partial charge in [0.25, 0.3) is 0 Å². The van der Waals surface area contributed by atoms with Crippen molar-refractivity contribution in [2.75, 3.05) is 0 Å². The van der Waals surface area contributed by atoms with E-state index in [9.17, 15) is 13.6 Å². The van der Waals surface area contributed by atoms with Gasteiger partial charge in [-0.1, -0.05) is 12.2 Å². The summed E-state index contributed by atoms with van der Waals surface area (Å²) in [5, 5.41) is 0. The molecule has 19 heavy (non-hydrogen) atoms. The molecular formula is C16H18F2O. The fraction of sp³-hybridized carbons (Fsp3) is 0.438. The first-order valence-corrected chi connectivity index (χ1v) is 6.50. The van der Waals surface area contributed by atoms with Crippen LogP contribution in [0.4, 0.5) is 8.78 Å². The van der Waals surface area contributed by atoms with Crippen LogP contribution in [0.5, 0.6) is 0 Å². The molecule has 2 unspecified atom stereocenters. The first-order valence-electron chi connectivity index (χ1n) is 6.50. The Balaban J connectivity index is 2.32. The average Bonchev–Trinajstić information content (AvgIpc) is 2.35. The van der Waals surface area contributed by atoms with Gasteiger partial charge in [0.1, 0.15) is 12.0 Å². The molecule has 1 fully saturated rings. The van der Waals surface area contributed by atoms with Gasteiger partial charge < -0.3 is 0 Å². The van der Waals surface area contributed by atoms with Crippen LogP contribution in [0.15, 0.2) is 46.9 Å². The van der Waals surface area contributed by atoms with Crippen LogP contribution < -0.4 is 0 Å². The SMILES string of the molecule is C=C1C(=O)CC(C2=CC(F)CC=C2F)CC1=C(C)C. The van der Waals surface area contributed by atoms with Gasteiger partial charge >= 0.3 is 0 Å². The molecule has 0 heterocycles. The third kappa shape index (κ3) is 2.75. The van der Waals surface area contributed by atoms with Gasteiger partial charge in [0.2, 0.25) is 0 Å². The molecule has 1 nitrogen and oxygen atoms in total. The second-order valence-electron chi connectivity index (χ2n) is 5.41.